The first-order chi connectivity index (χ1) is 15.4. The van der Waals surface area contributed by atoms with E-state index in [1.807, 2.05) is 19.9 Å². The number of aryl methyl sites for hydroxylation is 1. The van der Waals surface area contributed by atoms with Crippen molar-refractivity contribution in [3.8, 4) is 5.75 Å². The number of aromatic amines is 1. The molecule has 0 amide bonds. The number of nitrogens with zero attached hydrogens (tertiary/aromatic N) is 1. The Bertz CT molecular complexity index is 1230. The van der Waals surface area contributed by atoms with E-state index in [1.54, 1.807) is 0 Å². The van der Waals surface area contributed by atoms with Crippen molar-refractivity contribution in [3.63, 3.8) is 0 Å². The molecule has 3 heterocycles. The minimum atomic E-state index is -0.807. The fraction of sp³-hybridized carbons (Fsp3) is 0.536. The van der Waals surface area contributed by atoms with Crippen molar-refractivity contribution >= 4 is 17.0 Å². The number of aliphatic hydroxyl groups is 1. The van der Waals surface area contributed by atoms with Crippen molar-refractivity contribution in [1.29, 1.82) is 0 Å². The second-order valence-corrected chi connectivity index (χ2v) is 11.5. The van der Waals surface area contributed by atoms with Crippen LogP contribution in [-0.2, 0) is 22.0 Å². The Hall–Kier alpha value is -2.69. The number of anilines is 1. The van der Waals surface area contributed by atoms with Crippen LogP contribution in [0, 0.1) is 13.8 Å². The number of nitrogens with one attached hydrogen (secondary N) is 1. The maximum atomic E-state index is 13.5. The molecule has 0 spiro atoms. The summed E-state index contributed by atoms with van der Waals surface area (Å²) >= 11 is 0. The molecule has 5 nitrogen and oxygen atoms in total. The highest BCUT2D eigenvalue weighted by Crippen LogP contribution is 2.56. The topological polar surface area (TPSA) is 76.6 Å². The molecule has 176 valence electrons. The van der Waals surface area contributed by atoms with Gasteiger partial charge in [0.1, 0.15) is 17.4 Å². The van der Waals surface area contributed by atoms with Crippen molar-refractivity contribution in [2.45, 2.75) is 84.5 Å². The number of carbonyl (C=O) groups excluding carboxylic acids is 1. The number of phenolic OH excluding ortho intramolecular Hbond substituents is 1. The number of benzene rings is 1. The lowest BCUT2D eigenvalue weighted by molar-refractivity contribution is -0.116. The lowest BCUT2D eigenvalue weighted by Gasteiger charge is -2.49. The van der Waals surface area contributed by atoms with Crippen LogP contribution in [0.5, 0.6) is 5.75 Å². The summed E-state index contributed by atoms with van der Waals surface area (Å²) in [5, 5.41) is 22.7. The number of hydrogen-bond acceptors (Lipinski definition) is 4. The van der Waals surface area contributed by atoms with Gasteiger partial charge in [-0.3, -0.25) is 4.79 Å². The number of phenols is 1. The van der Waals surface area contributed by atoms with Crippen molar-refractivity contribution in [3.05, 3.63) is 51.0 Å². The van der Waals surface area contributed by atoms with Crippen LogP contribution in [0.25, 0.3) is 5.57 Å². The second kappa shape index (κ2) is 6.91. The number of hydrogen-bond donors (Lipinski definition) is 3. The number of rotatable bonds is 3. The molecule has 2 aromatic rings. The van der Waals surface area contributed by atoms with Crippen molar-refractivity contribution in [2.75, 3.05) is 18.0 Å². The van der Waals surface area contributed by atoms with E-state index < -0.39 is 5.92 Å². The van der Waals surface area contributed by atoms with Crippen LogP contribution in [0.1, 0.15) is 92.6 Å². The molecule has 3 aliphatic rings. The summed E-state index contributed by atoms with van der Waals surface area (Å²) < 4.78 is 0. The van der Waals surface area contributed by atoms with Crippen LogP contribution in [0.3, 0.4) is 0 Å². The van der Waals surface area contributed by atoms with Gasteiger partial charge in [-0.25, -0.2) is 0 Å². The molecule has 5 rings (SSSR count). The number of aromatic hydroxyl groups is 1. The Morgan fingerprint density at radius 1 is 1.09 bits per heavy atom. The third-order valence-corrected chi connectivity index (χ3v) is 8.58. The summed E-state index contributed by atoms with van der Waals surface area (Å²) in [6, 6.07) is 2.00. The van der Waals surface area contributed by atoms with Crippen molar-refractivity contribution < 1.29 is 15.0 Å². The summed E-state index contributed by atoms with van der Waals surface area (Å²) in [5.74, 6) is -0.688. The highest BCUT2D eigenvalue weighted by Gasteiger charge is 2.48. The van der Waals surface area contributed by atoms with Gasteiger partial charge in [-0.15, -0.1) is 0 Å². The summed E-state index contributed by atoms with van der Waals surface area (Å²) in [4.78, 5) is 19.2. The smallest absolute Gasteiger partial charge is 0.183 e. The van der Waals surface area contributed by atoms with Gasteiger partial charge in [0.05, 0.1) is 11.3 Å². The summed E-state index contributed by atoms with van der Waals surface area (Å²) in [7, 11) is 0. The van der Waals surface area contributed by atoms with E-state index in [1.165, 1.54) is 11.1 Å². The number of carbonyl (C=O) groups is 1. The third-order valence-electron chi connectivity index (χ3n) is 8.58. The first-order valence-corrected chi connectivity index (χ1v) is 12.2. The predicted octanol–water partition coefficient (Wildman–Crippen LogP) is 5.70. The first kappa shape index (κ1) is 22.1. The minimum absolute atomic E-state index is 0.0609. The van der Waals surface area contributed by atoms with E-state index in [0.29, 0.717) is 16.8 Å². The molecule has 0 radical (unpaired) electrons. The molecule has 0 saturated carbocycles. The number of aromatic nitrogens is 1. The van der Waals surface area contributed by atoms with E-state index in [9.17, 15) is 15.0 Å². The summed E-state index contributed by atoms with van der Waals surface area (Å²) in [5.41, 5.74) is 7.87. The molecule has 1 atom stereocenters. The quantitative estimate of drug-likeness (QED) is 0.563. The van der Waals surface area contributed by atoms with Gasteiger partial charge in [0.15, 0.2) is 5.78 Å². The molecular formula is C28H36N2O3. The van der Waals surface area contributed by atoms with Gasteiger partial charge in [-0.05, 0) is 66.7 Å². The van der Waals surface area contributed by atoms with Gasteiger partial charge in [0.25, 0.3) is 0 Å². The molecule has 1 aromatic heterocycles. The normalized spacial score (nSPS) is 22.9. The van der Waals surface area contributed by atoms with E-state index in [0.717, 1.165) is 54.9 Å². The van der Waals surface area contributed by atoms with Crippen LogP contribution in [0.4, 0.5) is 5.69 Å². The van der Waals surface area contributed by atoms with Crippen LogP contribution < -0.4 is 4.90 Å². The molecule has 1 aromatic carbocycles. The molecule has 33 heavy (non-hydrogen) atoms. The molecule has 0 bridgehead atoms. The van der Waals surface area contributed by atoms with E-state index in [-0.39, 0.29) is 28.1 Å². The summed E-state index contributed by atoms with van der Waals surface area (Å²) in [6.45, 7) is 16.9. The fourth-order valence-corrected chi connectivity index (χ4v) is 6.38. The lowest BCUT2D eigenvalue weighted by Crippen LogP contribution is -2.45. The van der Waals surface area contributed by atoms with Crippen LogP contribution >= 0.6 is 0 Å². The minimum Gasteiger partial charge on any atom is -0.510 e. The largest absolute Gasteiger partial charge is 0.510 e. The van der Waals surface area contributed by atoms with E-state index in [4.69, 9.17) is 0 Å². The zero-order valence-corrected chi connectivity index (χ0v) is 20.9. The zero-order valence-electron chi connectivity index (χ0n) is 20.9. The third kappa shape index (κ3) is 2.87. The fourth-order valence-electron chi connectivity index (χ4n) is 6.38. The Balaban J connectivity index is 1.70. The maximum Gasteiger partial charge on any atom is 0.183 e. The maximum absolute atomic E-state index is 13.5. The molecule has 5 heteroatoms. The van der Waals surface area contributed by atoms with Gasteiger partial charge in [0.2, 0.25) is 0 Å². The Morgan fingerprint density at radius 2 is 1.73 bits per heavy atom. The standard InChI is InChI=1S/C28H36N2O3/c1-8-16-14(2)22(29-15(16)3)20-25(32)19(26(20)33)17-13-18-23-21(24(17)31)28(6,7)10-12-30(23)11-9-27(18,4)5/h13,19,29,31-32H,8-12H2,1-7H3. The Morgan fingerprint density at radius 3 is 2.30 bits per heavy atom. The van der Waals surface area contributed by atoms with Gasteiger partial charge < -0.3 is 20.1 Å². The highest BCUT2D eigenvalue weighted by molar-refractivity contribution is 6.32. The molecule has 1 unspecified atom stereocenters. The molecule has 1 aliphatic carbocycles. The van der Waals surface area contributed by atoms with Crippen LogP contribution in [0.2, 0.25) is 0 Å². The molecule has 0 fully saturated rings. The molecule has 3 N–H and O–H groups in total. The molecular weight excluding hydrogens is 412 g/mol. The second-order valence-electron chi connectivity index (χ2n) is 11.5. The Kier molecular flexibility index (Phi) is 4.63. The van der Waals surface area contributed by atoms with E-state index >= 15 is 0 Å². The SMILES string of the molecule is CCc1c(C)[nH]c(C2=C(O)C(c3cc4c5c(c3O)C(C)(C)CCN5CCC4(C)C)C2=O)c1C. The van der Waals surface area contributed by atoms with Gasteiger partial charge in [0, 0.05) is 35.6 Å². The zero-order chi connectivity index (χ0) is 24.0. The predicted molar refractivity (Wildman–Crippen MR) is 133 cm³/mol. The number of allylic oxidation sites excluding steroid dienone is 2. The van der Waals surface area contributed by atoms with Gasteiger partial charge in [-0.2, -0.15) is 0 Å². The van der Waals surface area contributed by atoms with Gasteiger partial charge in [-0.1, -0.05) is 34.6 Å². The Labute approximate surface area is 196 Å². The lowest BCUT2D eigenvalue weighted by atomic mass is 9.66. The number of aliphatic hydroxyl groups excluding tert-OH is 1. The number of H-pyrrole nitrogens is 1. The van der Waals surface area contributed by atoms with E-state index in [2.05, 4.69) is 44.5 Å². The van der Waals surface area contributed by atoms with Crippen molar-refractivity contribution in [1.82, 2.24) is 4.98 Å². The average Bonchev–Trinajstić information content (AvgIpc) is 3.00. The van der Waals surface area contributed by atoms with Crippen LogP contribution in [0.15, 0.2) is 11.8 Å². The number of Topliss-reactive ketones (excluding diaryl/α,β-unsaturated/α-hetero) is 1. The first-order valence-electron chi connectivity index (χ1n) is 12.2. The van der Waals surface area contributed by atoms with Crippen molar-refractivity contribution in [2.24, 2.45) is 0 Å². The number of ketones is 1. The highest BCUT2D eigenvalue weighted by atomic mass is 16.3. The average molecular weight is 449 g/mol. The monoisotopic (exact) mass is 448 g/mol. The summed E-state index contributed by atoms with van der Waals surface area (Å²) in [6.07, 6.45) is 2.84. The molecule has 2 aliphatic heterocycles. The van der Waals surface area contributed by atoms with Crippen LogP contribution in [-0.4, -0.2) is 34.1 Å². The molecule has 0 saturated heterocycles. The van der Waals surface area contributed by atoms with Gasteiger partial charge >= 0.3 is 0 Å².